The molecule has 4 heteroatoms. The van der Waals surface area contributed by atoms with Crippen LogP contribution in [-0.2, 0) is 0 Å². The summed E-state index contributed by atoms with van der Waals surface area (Å²) in [7, 11) is 2.21. The fraction of sp³-hybridized carbons (Fsp3) is 0.769. The Morgan fingerprint density at radius 3 is 2.88 bits per heavy atom. The summed E-state index contributed by atoms with van der Waals surface area (Å²) in [5.74, 6) is 0.706. The van der Waals surface area contributed by atoms with Gasteiger partial charge in [-0.2, -0.15) is 0 Å². The molecule has 1 aromatic rings. The zero-order chi connectivity index (χ0) is 11.7. The van der Waals surface area contributed by atoms with Crippen molar-refractivity contribution in [1.82, 2.24) is 15.2 Å². The Kier molecular flexibility index (Phi) is 3.45. The van der Waals surface area contributed by atoms with Crippen LogP contribution in [0.5, 0.6) is 0 Å². The molecule has 2 aliphatic rings. The van der Waals surface area contributed by atoms with Crippen LogP contribution in [-0.4, -0.2) is 36.6 Å². The van der Waals surface area contributed by atoms with E-state index in [9.17, 15) is 0 Å². The quantitative estimate of drug-likeness (QED) is 0.874. The number of hydrogen-bond donors (Lipinski definition) is 1. The van der Waals surface area contributed by atoms with Crippen LogP contribution in [0.1, 0.15) is 48.3 Å². The third-order valence-corrected chi connectivity index (χ3v) is 5.01. The first-order valence-electron chi connectivity index (χ1n) is 6.70. The summed E-state index contributed by atoms with van der Waals surface area (Å²) in [6.45, 7) is 3.60. The molecule has 0 aromatic carbocycles. The molecule has 2 aliphatic heterocycles. The largest absolute Gasteiger partial charge is 0.308 e. The highest BCUT2D eigenvalue weighted by atomic mass is 32.1. The van der Waals surface area contributed by atoms with E-state index >= 15 is 0 Å². The van der Waals surface area contributed by atoms with Gasteiger partial charge >= 0.3 is 0 Å². The van der Waals surface area contributed by atoms with Crippen molar-refractivity contribution in [2.24, 2.45) is 0 Å². The van der Waals surface area contributed by atoms with Gasteiger partial charge in [0, 0.05) is 11.3 Å². The van der Waals surface area contributed by atoms with Gasteiger partial charge in [0.15, 0.2) is 0 Å². The molecule has 3 nitrogen and oxygen atoms in total. The minimum atomic E-state index is 0.542. The third-order valence-electron chi connectivity index (χ3n) is 4.03. The van der Waals surface area contributed by atoms with E-state index in [1.54, 1.807) is 0 Å². The first-order chi connectivity index (χ1) is 8.33. The summed E-state index contributed by atoms with van der Waals surface area (Å²) in [6, 6.07) is 0.542. The molecule has 3 rings (SSSR count). The van der Waals surface area contributed by atoms with Gasteiger partial charge < -0.3 is 10.2 Å². The second kappa shape index (κ2) is 5.04. The molecule has 94 valence electrons. The van der Waals surface area contributed by atoms with Crippen LogP contribution in [0.25, 0.3) is 0 Å². The summed E-state index contributed by atoms with van der Waals surface area (Å²) in [5, 5.41) is 7.15. The number of nitrogens with one attached hydrogen (secondary N) is 1. The third kappa shape index (κ3) is 2.54. The maximum absolute atomic E-state index is 4.88. The predicted octanol–water partition coefficient (Wildman–Crippen LogP) is 2.38. The zero-order valence-electron chi connectivity index (χ0n) is 10.5. The van der Waals surface area contributed by atoms with Crippen molar-refractivity contribution in [3.8, 4) is 0 Å². The Labute approximate surface area is 107 Å². The second-order valence-corrected chi connectivity index (χ2v) is 6.23. The van der Waals surface area contributed by atoms with E-state index in [4.69, 9.17) is 4.98 Å². The van der Waals surface area contributed by atoms with E-state index in [0.717, 1.165) is 6.54 Å². The van der Waals surface area contributed by atoms with Gasteiger partial charge in [-0.25, -0.2) is 4.98 Å². The van der Waals surface area contributed by atoms with Crippen LogP contribution < -0.4 is 5.32 Å². The smallest absolute Gasteiger partial charge is 0.110 e. The molecule has 0 aliphatic carbocycles. The van der Waals surface area contributed by atoms with Gasteiger partial charge in [0.2, 0.25) is 0 Å². The lowest BCUT2D eigenvalue weighted by atomic mass is 9.94. The summed E-state index contributed by atoms with van der Waals surface area (Å²) in [6.07, 6.45) is 5.11. The van der Waals surface area contributed by atoms with Crippen molar-refractivity contribution < 1.29 is 0 Å². The van der Waals surface area contributed by atoms with E-state index in [1.807, 2.05) is 11.3 Å². The maximum atomic E-state index is 4.88. The number of hydrogen-bond acceptors (Lipinski definition) is 4. The van der Waals surface area contributed by atoms with Crippen LogP contribution in [0, 0.1) is 0 Å². The van der Waals surface area contributed by atoms with Crippen LogP contribution in [0.2, 0.25) is 0 Å². The average Bonchev–Trinajstić information content (AvgIpc) is 3.00. The fourth-order valence-electron chi connectivity index (χ4n) is 2.85. The lowest BCUT2D eigenvalue weighted by molar-refractivity contribution is 0.253. The Morgan fingerprint density at radius 1 is 1.35 bits per heavy atom. The second-order valence-electron chi connectivity index (χ2n) is 5.34. The molecular formula is C13H21N3S. The van der Waals surface area contributed by atoms with Crippen molar-refractivity contribution in [3.05, 3.63) is 16.1 Å². The number of rotatable bonds is 2. The molecule has 2 saturated heterocycles. The molecule has 0 amide bonds. The van der Waals surface area contributed by atoms with Crippen LogP contribution in [0.3, 0.4) is 0 Å². The highest BCUT2D eigenvalue weighted by Crippen LogP contribution is 2.32. The lowest BCUT2D eigenvalue weighted by Crippen LogP contribution is -2.29. The van der Waals surface area contributed by atoms with Gasteiger partial charge in [0.25, 0.3) is 0 Å². The summed E-state index contributed by atoms with van der Waals surface area (Å²) in [5.41, 5.74) is 1.35. The highest BCUT2D eigenvalue weighted by molar-refractivity contribution is 7.09. The maximum Gasteiger partial charge on any atom is 0.110 e. The van der Waals surface area contributed by atoms with E-state index in [0.29, 0.717) is 12.0 Å². The molecule has 0 bridgehead atoms. The van der Waals surface area contributed by atoms with Crippen LogP contribution in [0.15, 0.2) is 5.38 Å². The topological polar surface area (TPSA) is 28.2 Å². The summed E-state index contributed by atoms with van der Waals surface area (Å²) in [4.78, 5) is 7.30. The normalized spacial score (nSPS) is 27.7. The summed E-state index contributed by atoms with van der Waals surface area (Å²) >= 11 is 1.85. The standard InChI is InChI=1S/C13H21N3S/c1-16-7-4-10(5-8-16)12-9-17-13(15-12)11-3-2-6-14-11/h9-11,14H,2-8H2,1H3. The molecule has 3 heterocycles. The van der Waals surface area contributed by atoms with E-state index < -0.39 is 0 Å². The predicted molar refractivity (Wildman–Crippen MR) is 71.6 cm³/mol. The van der Waals surface area contributed by atoms with Crippen molar-refractivity contribution in [1.29, 1.82) is 0 Å². The Balaban J connectivity index is 1.67. The van der Waals surface area contributed by atoms with Gasteiger partial charge in [-0.3, -0.25) is 0 Å². The molecule has 17 heavy (non-hydrogen) atoms. The highest BCUT2D eigenvalue weighted by Gasteiger charge is 2.24. The van der Waals surface area contributed by atoms with Crippen molar-refractivity contribution in [2.75, 3.05) is 26.7 Å². The molecular weight excluding hydrogens is 230 g/mol. The van der Waals surface area contributed by atoms with Crippen molar-refractivity contribution in [3.63, 3.8) is 0 Å². The molecule has 1 N–H and O–H groups in total. The SMILES string of the molecule is CN1CCC(c2csc(C3CCCN3)n2)CC1. The number of nitrogens with zero attached hydrogens (tertiary/aromatic N) is 2. The summed E-state index contributed by atoms with van der Waals surface area (Å²) < 4.78 is 0. The van der Waals surface area contributed by atoms with Gasteiger partial charge in [0.1, 0.15) is 5.01 Å². The first-order valence-corrected chi connectivity index (χ1v) is 7.58. The Morgan fingerprint density at radius 2 is 2.18 bits per heavy atom. The molecule has 1 aromatic heterocycles. The number of thiazole rings is 1. The number of likely N-dealkylation sites (tertiary alicyclic amines) is 1. The van der Waals surface area contributed by atoms with Gasteiger partial charge in [-0.1, -0.05) is 0 Å². The first kappa shape index (κ1) is 11.6. The zero-order valence-corrected chi connectivity index (χ0v) is 11.3. The van der Waals surface area contributed by atoms with Crippen molar-refractivity contribution in [2.45, 2.75) is 37.6 Å². The fourth-order valence-corrected chi connectivity index (χ4v) is 3.86. The van der Waals surface area contributed by atoms with Gasteiger partial charge in [-0.05, 0) is 52.4 Å². The number of aromatic nitrogens is 1. The van der Waals surface area contributed by atoms with Gasteiger partial charge in [-0.15, -0.1) is 11.3 Å². The molecule has 0 spiro atoms. The van der Waals surface area contributed by atoms with E-state index in [1.165, 1.54) is 49.5 Å². The lowest BCUT2D eigenvalue weighted by Gasteiger charge is -2.27. The molecule has 0 radical (unpaired) electrons. The average molecular weight is 251 g/mol. The van der Waals surface area contributed by atoms with E-state index in [-0.39, 0.29) is 0 Å². The molecule has 0 saturated carbocycles. The van der Waals surface area contributed by atoms with Crippen molar-refractivity contribution >= 4 is 11.3 Å². The molecule has 1 atom stereocenters. The Hall–Kier alpha value is -0.450. The molecule has 1 unspecified atom stereocenters. The Bertz CT molecular complexity index is 362. The van der Waals surface area contributed by atoms with Gasteiger partial charge in [0.05, 0.1) is 11.7 Å². The minimum absolute atomic E-state index is 0.542. The van der Waals surface area contributed by atoms with Crippen LogP contribution >= 0.6 is 11.3 Å². The number of piperidine rings is 1. The minimum Gasteiger partial charge on any atom is -0.308 e. The monoisotopic (exact) mass is 251 g/mol. The molecule has 2 fully saturated rings. The van der Waals surface area contributed by atoms with Crippen LogP contribution in [0.4, 0.5) is 0 Å². The van der Waals surface area contributed by atoms with E-state index in [2.05, 4.69) is 22.6 Å².